The molecule has 0 unspecified atom stereocenters. The number of carbonyl (C=O) groups is 1. The average molecular weight is 450 g/mol. The average Bonchev–Trinajstić information content (AvgIpc) is 3.27. The van der Waals surface area contributed by atoms with Crippen molar-refractivity contribution in [3.05, 3.63) is 73.5 Å². The maximum Gasteiger partial charge on any atom is 0.246 e. The van der Waals surface area contributed by atoms with Crippen molar-refractivity contribution >= 4 is 22.8 Å². The van der Waals surface area contributed by atoms with Crippen LogP contribution in [0.1, 0.15) is 31.2 Å². The Bertz CT molecular complexity index is 1690. The summed E-state index contributed by atoms with van der Waals surface area (Å²) in [5.41, 5.74) is 6.76. The molecule has 2 aromatic carbocycles. The molecular formula is C25H24N6O2. The number of hydrogen-bond donors (Lipinski definition) is 1. The Morgan fingerprint density at radius 3 is 2.79 bits per heavy atom. The van der Waals surface area contributed by atoms with Crippen LogP contribution in [0.5, 0.6) is 11.5 Å². The van der Waals surface area contributed by atoms with Crippen molar-refractivity contribution in [1.29, 1.82) is 0 Å². The lowest BCUT2D eigenvalue weighted by atomic mass is 10.1. The third-order valence-corrected chi connectivity index (χ3v) is 4.96. The SMILES string of the molecule is [2H]C([2H])=C([2H])C(=O)N1C([2H])([2H])CC([2H])([2H])[C@@H](n2nc(-c3ccc(Oc4ccccc4)cc3)c3c(N)ncnc32)C1([2H])[2H]. The maximum absolute atomic E-state index is 13.0. The Labute approximate surface area is 204 Å². The third-order valence-electron chi connectivity index (χ3n) is 4.96. The number of nitrogens with zero attached hydrogens (tertiary/aromatic N) is 5. The standard InChI is InChI=1S/C25H24N6O2/c1-2-21(32)30-14-6-7-18(15-30)31-25-22(24(26)27-16-28-25)23(29-31)17-10-12-20(13-11-17)33-19-8-4-3-5-9-19/h2-5,8-13,16,18H,1,6-7,14-15H2,(H2,26,27,28)/t18-/m1/s1/i1D2,2D,7D2,14D2,15D2. The van der Waals surface area contributed by atoms with Gasteiger partial charge in [-0.2, -0.15) is 5.10 Å². The molecule has 2 aromatic heterocycles. The number of likely N-dealkylation sites (tertiary alicyclic amines) is 1. The van der Waals surface area contributed by atoms with E-state index in [0.29, 0.717) is 17.1 Å². The Morgan fingerprint density at radius 2 is 2.00 bits per heavy atom. The zero-order chi connectivity index (χ0) is 30.6. The van der Waals surface area contributed by atoms with Crippen molar-refractivity contribution in [3.63, 3.8) is 0 Å². The normalized spacial score (nSPS) is 24.4. The summed E-state index contributed by atoms with van der Waals surface area (Å²) in [6.07, 6.45) is -2.56. The lowest BCUT2D eigenvalue weighted by Gasteiger charge is -2.32. The van der Waals surface area contributed by atoms with E-state index < -0.39 is 50.3 Å². The Hall–Kier alpha value is -4.20. The first-order valence-electron chi connectivity index (χ1n) is 14.5. The summed E-state index contributed by atoms with van der Waals surface area (Å²) in [5.74, 6) is -0.482. The van der Waals surface area contributed by atoms with Crippen molar-refractivity contribution in [3.8, 4) is 22.8 Å². The van der Waals surface area contributed by atoms with Gasteiger partial charge in [-0.3, -0.25) is 4.79 Å². The fourth-order valence-corrected chi connectivity index (χ4v) is 3.45. The van der Waals surface area contributed by atoms with E-state index in [-0.39, 0.29) is 27.4 Å². The fraction of sp³-hybridized carbons (Fsp3) is 0.200. The molecule has 166 valence electrons. The number of para-hydroxylation sites is 1. The quantitative estimate of drug-likeness (QED) is 0.458. The lowest BCUT2D eigenvalue weighted by molar-refractivity contribution is -0.127. The molecule has 8 nitrogen and oxygen atoms in total. The van der Waals surface area contributed by atoms with Gasteiger partial charge in [0, 0.05) is 24.0 Å². The maximum atomic E-state index is 13.0. The number of nitrogen functional groups attached to an aromatic ring is 1. The number of rotatable bonds is 5. The minimum Gasteiger partial charge on any atom is -0.457 e. The van der Waals surface area contributed by atoms with E-state index in [2.05, 4.69) is 15.1 Å². The van der Waals surface area contributed by atoms with Gasteiger partial charge in [-0.25, -0.2) is 14.6 Å². The van der Waals surface area contributed by atoms with E-state index in [4.69, 9.17) is 22.8 Å². The highest BCUT2D eigenvalue weighted by atomic mass is 16.5. The van der Waals surface area contributed by atoms with Crippen molar-refractivity contribution in [2.75, 3.05) is 18.7 Å². The molecule has 4 aromatic rings. The van der Waals surface area contributed by atoms with E-state index >= 15 is 0 Å². The van der Waals surface area contributed by atoms with Gasteiger partial charge in [0.05, 0.1) is 18.3 Å². The number of nitrogens with two attached hydrogens (primary N) is 1. The third kappa shape index (κ3) is 4.03. The van der Waals surface area contributed by atoms with Crippen molar-refractivity contribution in [1.82, 2.24) is 24.6 Å². The van der Waals surface area contributed by atoms with Crippen LogP contribution in [-0.4, -0.2) is 43.5 Å². The van der Waals surface area contributed by atoms with Gasteiger partial charge < -0.3 is 15.4 Å². The number of anilines is 1. The second kappa shape index (κ2) is 8.74. The second-order valence-electron chi connectivity index (χ2n) is 7.03. The summed E-state index contributed by atoms with van der Waals surface area (Å²) in [7, 11) is 0. The molecule has 0 bridgehead atoms. The van der Waals surface area contributed by atoms with Gasteiger partial charge in [-0.05, 0) is 55.2 Å². The predicted molar refractivity (Wildman–Crippen MR) is 127 cm³/mol. The Kier molecular flexibility index (Phi) is 3.37. The Morgan fingerprint density at radius 1 is 1.21 bits per heavy atom. The predicted octanol–water partition coefficient (Wildman–Crippen LogP) is 4.22. The van der Waals surface area contributed by atoms with Gasteiger partial charge in [0.1, 0.15) is 29.3 Å². The highest BCUT2D eigenvalue weighted by Gasteiger charge is 2.28. The number of ether oxygens (including phenoxy) is 1. The minimum absolute atomic E-state index is 0.0320. The molecule has 0 aliphatic carbocycles. The zero-order valence-electron chi connectivity index (χ0n) is 26.2. The van der Waals surface area contributed by atoms with E-state index in [9.17, 15) is 4.79 Å². The van der Waals surface area contributed by atoms with Gasteiger partial charge in [-0.1, -0.05) is 24.7 Å². The molecule has 8 heteroatoms. The van der Waals surface area contributed by atoms with Crippen molar-refractivity contribution in [2.24, 2.45) is 0 Å². The van der Waals surface area contributed by atoms with Crippen LogP contribution in [0.3, 0.4) is 0 Å². The Balaban J connectivity index is 1.65. The molecular weight excluding hydrogens is 416 g/mol. The van der Waals surface area contributed by atoms with Crippen molar-refractivity contribution in [2.45, 2.75) is 18.8 Å². The smallest absolute Gasteiger partial charge is 0.246 e. The van der Waals surface area contributed by atoms with Crippen LogP contribution in [-0.2, 0) is 4.79 Å². The summed E-state index contributed by atoms with van der Waals surface area (Å²) < 4.78 is 80.9. The topological polar surface area (TPSA) is 99.2 Å². The van der Waals surface area contributed by atoms with Crippen molar-refractivity contribution < 1.29 is 21.9 Å². The summed E-state index contributed by atoms with van der Waals surface area (Å²) >= 11 is 0. The number of piperidine rings is 1. The van der Waals surface area contributed by atoms with E-state index in [0.717, 1.165) is 11.0 Å². The van der Waals surface area contributed by atoms with Crippen LogP contribution in [0.15, 0.2) is 73.5 Å². The molecule has 33 heavy (non-hydrogen) atoms. The number of fused-ring (bicyclic) bond motifs is 1. The van der Waals surface area contributed by atoms with Gasteiger partial charge in [0.25, 0.3) is 0 Å². The highest BCUT2D eigenvalue weighted by Crippen LogP contribution is 2.34. The zero-order valence-corrected chi connectivity index (χ0v) is 17.2. The van der Waals surface area contributed by atoms with Crippen LogP contribution in [0.25, 0.3) is 22.3 Å². The molecule has 1 aliphatic heterocycles. The summed E-state index contributed by atoms with van der Waals surface area (Å²) in [6, 6.07) is 12.5. The molecule has 0 radical (unpaired) electrons. The van der Waals surface area contributed by atoms with Gasteiger partial charge in [-0.15, -0.1) is 0 Å². The van der Waals surface area contributed by atoms with Crippen LogP contribution in [0, 0.1) is 0 Å². The molecule has 0 saturated carbocycles. The van der Waals surface area contributed by atoms with Gasteiger partial charge in [0.2, 0.25) is 5.91 Å². The summed E-state index contributed by atoms with van der Waals surface area (Å²) in [5, 5.41) is 4.66. The molecule has 1 amide bonds. The number of amides is 1. The summed E-state index contributed by atoms with van der Waals surface area (Å²) in [4.78, 5) is 21.3. The first kappa shape index (κ1) is 12.7. The first-order valence-corrected chi connectivity index (χ1v) is 9.96. The molecule has 1 fully saturated rings. The minimum atomic E-state index is -3.16. The monoisotopic (exact) mass is 449 g/mol. The molecule has 1 atom stereocenters. The van der Waals surface area contributed by atoms with Gasteiger partial charge in [0.15, 0.2) is 5.65 Å². The molecule has 5 rings (SSSR count). The number of hydrogen-bond acceptors (Lipinski definition) is 6. The van der Waals surface area contributed by atoms with Crippen LogP contribution >= 0.6 is 0 Å². The number of carbonyl (C=O) groups excluding carboxylic acids is 1. The lowest BCUT2D eigenvalue weighted by Crippen LogP contribution is -2.40. The molecule has 3 heterocycles. The largest absolute Gasteiger partial charge is 0.457 e. The van der Waals surface area contributed by atoms with Crippen LogP contribution in [0.2, 0.25) is 0 Å². The molecule has 1 saturated heterocycles. The molecule has 2 N–H and O–H groups in total. The van der Waals surface area contributed by atoms with Crippen LogP contribution < -0.4 is 10.5 Å². The highest BCUT2D eigenvalue weighted by molar-refractivity contribution is 5.98. The number of benzene rings is 2. The van der Waals surface area contributed by atoms with E-state index in [1.54, 1.807) is 36.4 Å². The fourth-order valence-electron chi connectivity index (χ4n) is 3.45. The summed E-state index contributed by atoms with van der Waals surface area (Å²) in [6.45, 7) is -7.33. The van der Waals surface area contributed by atoms with Gasteiger partial charge >= 0.3 is 0 Å². The van der Waals surface area contributed by atoms with Crippen LogP contribution in [0.4, 0.5) is 5.82 Å². The second-order valence-corrected chi connectivity index (χ2v) is 7.03. The molecule has 1 aliphatic rings. The van der Waals surface area contributed by atoms with E-state index in [1.165, 1.54) is 0 Å². The number of aromatic nitrogens is 4. The van der Waals surface area contributed by atoms with E-state index in [1.807, 2.05) is 18.2 Å². The molecule has 0 spiro atoms. The first-order chi connectivity index (χ1) is 19.6.